The summed E-state index contributed by atoms with van der Waals surface area (Å²) in [5.41, 5.74) is 11.2. The van der Waals surface area contributed by atoms with Gasteiger partial charge >= 0.3 is 0 Å². The zero-order valence-corrected chi connectivity index (χ0v) is 13.0. The van der Waals surface area contributed by atoms with Crippen molar-refractivity contribution in [2.24, 2.45) is 0 Å². The number of amides is 1. The number of fused-ring (bicyclic) bond motifs is 1. The van der Waals surface area contributed by atoms with Gasteiger partial charge in [-0.15, -0.1) is 0 Å². The number of hydrazine groups is 3. The van der Waals surface area contributed by atoms with Crippen molar-refractivity contribution in [3.63, 3.8) is 0 Å². The van der Waals surface area contributed by atoms with Gasteiger partial charge in [0.2, 0.25) is 12.7 Å². The predicted octanol–water partition coefficient (Wildman–Crippen LogP) is -0.845. The molecule has 0 saturated carbocycles. The van der Waals surface area contributed by atoms with E-state index >= 15 is 0 Å². The molecule has 2 aromatic rings. The first-order valence-corrected chi connectivity index (χ1v) is 7.54. The minimum absolute atomic E-state index is 0.0898. The van der Waals surface area contributed by atoms with Crippen LogP contribution in [0.3, 0.4) is 0 Å². The van der Waals surface area contributed by atoms with Gasteiger partial charge in [-0.05, 0) is 12.1 Å². The highest BCUT2D eigenvalue weighted by atomic mass is 16.7. The van der Waals surface area contributed by atoms with Gasteiger partial charge in [0.05, 0.1) is 0 Å². The van der Waals surface area contributed by atoms with E-state index in [0.29, 0.717) is 29.7 Å². The van der Waals surface area contributed by atoms with E-state index < -0.39 is 0 Å². The first-order chi connectivity index (χ1) is 12.3. The molecular weight excluding hydrogens is 332 g/mol. The standard InChI is InChI=1S/C14H16N6O5/c21-14(15-4-12-17-19-20-18-12)9-5-23-13(16-9)6-22-8-1-2-10-11(3-8)25-7-24-10/h1-3,5,12,17-20H,4,6-7H2,(H,15,21). The topological polar surface area (TPSA) is 131 Å². The van der Waals surface area contributed by atoms with Gasteiger partial charge in [-0.25, -0.2) is 15.8 Å². The van der Waals surface area contributed by atoms with Gasteiger partial charge in [0, 0.05) is 12.6 Å². The van der Waals surface area contributed by atoms with Crippen LogP contribution in [0.2, 0.25) is 0 Å². The number of rotatable bonds is 6. The molecule has 11 heteroatoms. The predicted molar refractivity (Wildman–Crippen MR) is 82.1 cm³/mol. The van der Waals surface area contributed by atoms with Gasteiger partial charge in [0.1, 0.15) is 18.2 Å². The van der Waals surface area contributed by atoms with E-state index in [-0.39, 0.29) is 31.2 Å². The average Bonchev–Trinajstić information content (AvgIpc) is 3.39. The quantitative estimate of drug-likeness (QED) is 0.450. The molecule has 0 bridgehead atoms. The van der Waals surface area contributed by atoms with E-state index in [4.69, 9.17) is 18.6 Å². The molecule has 0 atom stereocenters. The third-order valence-electron chi connectivity index (χ3n) is 3.51. The van der Waals surface area contributed by atoms with Crippen LogP contribution in [0, 0.1) is 0 Å². The fourth-order valence-corrected chi connectivity index (χ4v) is 2.26. The van der Waals surface area contributed by atoms with Gasteiger partial charge < -0.3 is 23.9 Å². The van der Waals surface area contributed by atoms with Crippen LogP contribution >= 0.6 is 0 Å². The number of hydrogen-bond donors (Lipinski definition) is 5. The summed E-state index contributed by atoms with van der Waals surface area (Å²) in [5.74, 6) is 1.85. The number of carbonyl (C=O) groups excluding carboxylic acids is 1. The lowest BCUT2D eigenvalue weighted by Gasteiger charge is -2.08. The fourth-order valence-electron chi connectivity index (χ4n) is 2.26. The number of nitrogens with one attached hydrogen (secondary N) is 5. The minimum atomic E-state index is -0.339. The van der Waals surface area contributed by atoms with E-state index in [0.717, 1.165) is 0 Å². The van der Waals surface area contributed by atoms with Gasteiger partial charge in [0.25, 0.3) is 5.91 Å². The lowest BCUT2D eigenvalue weighted by Crippen LogP contribution is -2.44. The van der Waals surface area contributed by atoms with Crippen LogP contribution in [0.4, 0.5) is 0 Å². The van der Waals surface area contributed by atoms with Gasteiger partial charge in [-0.2, -0.15) is 11.1 Å². The maximum absolute atomic E-state index is 12.0. The van der Waals surface area contributed by atoms with Crippen molar-refractivity contribution in [1.82, 2.24) is 32.2 Å². The Morgan fingerprint density at radius 2 is 2.12 bits per heavy atom. The Balaban J connectivity index is 1.29. The van der Waals surface area contributed by atoms with Gasteiger partial charge in [-0.1, -0.05) is 0 Å². The summed E-state index contributed by atoms with van der Waals surface area (Å²) in [7, 11) is 0. The van der Waals surface area contributed by atoms with Crippen LogP contribution in [0.5, 0.6) is 17.2 Å². The smallest absolute Gasteiger partial charge is 0.273 e. The molecule has 1 fully saturated rings. The van der Waals surface area contributed by atoms with Crippen LogP contribution in [-0.2, 0) is 6.61 Å². The van der Waals surface area contributed by atoms with Crippen molar-refractivity contribution in [3.8, 4) is 17.2 Å². The molecule has 11 nitrogen and oxygen atoms in total. The second kappa shape index (κ2) is 6.94. The Bertz CT molecular complexity index is 760. The molecule has 4 rings (SSSR count). The monoisotopic (exact) mass is 348 g/mol. The Morgan fingerprint density at radius 1 is 1.28 bits per heavy atom. The number of nitrogens with zero attached hydrogens (tertiary/aromatic N) is 1. The summed E-state index contributed by atoms with van der Waals surface area (Å²) in [5, 5.41) is 2.72. The Labute approximate surface area is 141 Å². The molecule has 0 aliphatic carbocycles. The molecule has 1 amide bonds. The Morgan fingerprint density at radius 3 is 3.00 bits per heavy atom. The molecular formula is C14H16N6O5. The fraction of sp³-hybridized carbons (Fsp3) is 0.286. The summed E-state index contributed by atoms with van der Waals surface area (Å²) in [6.07, 6.45) is 1.16. The molecule has 3 heterocycles. The largest absolute Gasteiger partial charge is 0.484 e. The van der Waals surface area contributed by atoms with Gasteiger partial charge in [-0.3, -0.25) is 4.79 Å². The third-order valence-corrected chi connectivity index (χ3v) is 3.51. The van der Waals surface area contributed by atoms with E-state index in [1.807, 2.05) is 0 Å². The third kappa shape index (κ3) is 3.64. The van der Waals surface area contributed by atoms with Crippen molar-refractivity contribution >= 4 is 5.91 Å². The maximum atomic E-state index is 12.0. The SMILES string of the molecule is O=C(NCC1NNNN1)c1coc(COc2ccc3c(c2)OCO3)n1. The van der Waals surface area contributed by atoms with Crippen molar-refractivity contribution in [1.29, 1.82) is 0 Å². The van der Waals surface area contributed by atoms with Crippen LogP contribution in [0.1, 0.15) is 16.4 Å². The van der Waals surface area contributed by atoms with Crippen LogP contribution in [0.25, 0.3) is 0 Å². The van der Waals surface area contributed by atoms with Crippen LogP contribution < -0.4 is 41.4 Å². The number of aromatic nitrogens is 1. The zero-order chi connectivity index (χ0) is 17.1. The number of hydrogen-bond acceptors (Lipinski definition) is 10. The van der Waals surface area contributed by atoms with Crippen molar-refractivity contribution in [2.45, 2.75) is 12.8 Å². The molecule has 25 heavy (non-hydrogen) atoms. The molecule has 1 aromatic heterocycles. The molecule has 0 unspecified atom stereocenters. The van der Waals surface area contributed by atoms with E-state index in [1.165, 1.54) is 6.26 Å². The lowest BCUT2D eigenvalue weighted by atomic mass is 10.3. The summed E-state index contributed by atoms with van der Waals surface area (Å²) < 4.78 is 21.4. The lowest BCUT2D eigenvalue weighted by molar-refractivity contribution is 0.0944. The summed E-state index contributed by atoms with van der Waals surface area (Å²) in [6.45, 7) is 0.649. The highest BCUT2D eigenvalue weighted by molar-refractivity contribution is 5.91. The van der Waals surface area contributed by atoms with E-state index in [9.17, 15) is 4.79 Å². The molecule has 2 aliphatic heterocycles. The minimum Gasteiger partial charge on any atom is -0.484 e. The van der Waals surface area contributed by atoms with Gasteiger partial charge in [0.15, 0.2) is 23.8 Å². The normalized spacial score (nSPS) is 16.2. The molecule has 132 valence electrons. The second-order valence-corrected chi connectivity index (χ2v) is 5.23. The summed E-state index contributed by atoms with van der Waals surface area (Å²) in [6, 6.07) is 5.25. The maximum Gasteiger partial charge on any atom is 0.273 e. The Kier molecular flexibility index (Phi) is 4.35. The second-order valence-electron chi connectivity index (χ2n) is 5.23. The number of ether oxygens (including phenoxy) is 3. The molecule has 1 saturated heterocycles. The van der Waals surface area contributed by atoms with Crippen molar-refractivity contribution < 1.29 is 23.4 Å². The van der Waals surface area contributed by atoms with E-state index in [2.05, 4.69) is 32.2 Å². The van der Waals surface area contributed by atoms with Crippen LogP contribution in [-0.4, -0.2) is 30.4 Å². The Hall–Kier alpha value is -2.86. The first kappa shape index (κ1) is 15.7. The molecule has 2 aliphatic rings. The zero-order valence-electron chi connectivity index (χ0n) is 13.0. The van der Waals surface area contributed by atoms with E-state index in [1.54, 1.807) is 18.2 Å². The molecule has 0 radical (unpaired) electrons. The van der Waals surface area contributed by atoms with Crippen molar-refractivity contribution in [3.05, 3.63) is 36.0 Å². The highest BCUT2D eigenvalue weighted by Crippen LogP contribution is 2.35. The highest BCUT2D eigenvalue weighted by Gasteiger charge is 2.17. The first-order valence-electron chi connectivity index (χ1n) is 7.54. The number of benzene rings is 1. The molecule has 5 N–H and O–H groups in total. The van der Waals surface area contributed by atoms with Crippen LogP contribution in [0.15, 0.2) is 28.9 Å². The summed E-state index contributed by atoms with van der Waals surface area (Å²) in [4.78, 5) is 16.1. The summed E-state index contributed by atoms with van der Waals surface area (Å²) >= 11 is 0. The number of carbonyl (C=O) groups is 1. The average molecular weight is 348 g/mol. The molecule has 0 spiro atoms. The number of oxazole rings is 1. The van der Waals surface area contributed by atoms with Crippen molar-refractivity contribution in [2.75, 3.05) is 13.3 Å². The molecule has 1 aromatic carbocycles.